The van der Waals surface area contributed by atoms with Crippen LogP contribution in [0.1, 0.15) is 37.0 Å². The SMILES string of the molecule is CC(C)(C)C(=O)c1ccc(-c2noc(C(F)(F)F)n2)cc1. The van der Waals surface area contributed by atoms with E-state index < -0.39 is 17.5 Å². The van der Waals surface area contributed by atoms with Crippen molar-refractivity contribution < 1.29 is 22.5 Å². The quantitative estimate of drug-likeness (QED) is 0.787. The largest absolute Gasteiger partial charge is 0.471 e. The van der Waals surface area contributed by atoms with E-state index in [1.165, 1.54) is 24.3 Å². The van der Waals surface area contributed by atoms with Crippen LogP contribution in [0.2, 0.25) is 0 Å². The van der Waals surface area contributed by atoms with Crippen LogP contribution in [-0.4, -0.2) is 15.9 Å². The number of hydrogen-bond acceptors (Lipinski definition) is 4. The van der Waals surface area contributed by atoms with Crippen LogP contribution in [0.15, 0.2) is 28.8 Å². The van der Waals surface area contributed by atoms with E-state index in [4.69, 9.17) is 0 Å². The highest BCUT2D eigenvalue weighted by molar-refractivity contribution is 6.00. The molecule has 0 atom stereocenters. The van der Waals surface area contributed by atoms with E-state index in [9.17, 15) is 18.0 Å². The van der Waals surface area contributed by atoms with Crippen molar-refractivity contribution in [2.75, 3.05) is 0 Å². The van der Waals surface area contributed by atoms with Crippen molar-refractivity contribution in [3.05, 3.63) is 35.7 Å². The predicted octanol–water partition coefficient (Wildman–Crippen LogP) is 3.98. The van der Waals surface area contributed by atoms with Gasteiger partial charge in [0.2, 0.25) is 5.82 Å². The second-order valence-corrected chi connectivity index (χ2v) is 5.58. The zero-order chi connectivity index (χ0) is 15.8. The average Bonchev–Trinajstić information content (AvgIpc) is 2.86. The molecule has 0 unspecified atom stereocenters. The number of rotatable bonds is 2. The fourth-order valence-corrected chi connectivity index (χ4v) is 1.66. The minimum atomic E-state index is -4.67. The monoisotopic (exact) mass is 298 g/mol. The Balaban J connectivity index is 2.28. The smallest absolute Gasteiger partial charge is 0.329 e. The van der Waals surface area contributed by atoms with Crippen molar-refractivity contribution in [1.29, 1.82) is 0 Å². The number of carbonyl (C=O) groups is 1. The summed E-state index contributed by atoms with van der Waals surface area (Å²) in [5.41, 5.74) is 0.294. The Morgan fingerprint density at radius 2 is 1.67 bits per heavy atom. The predicted molar refractivity (Wildman–Crippen MR) is 68.5 cm³/mol. The van der Waals surface area contributed by atoms with Crippen LogP contribution in [0, 0.1) is 5.41 Å². The summed E-state index contributed by atoms with van der Waals surface area (Å²) in [6.07, 6.45) is -4.67. The van der Waals surface area contributed by atoms with Crippen molar-refractivity contribution in [3.8, 4) is 11.4 Å². The van der Waals surface area contributed by atoms with Gasteiger partial charge in [0.1, 0.15) is 0 Å². The van der Waals surface area contributed by atoms with E-state index in [1.807, 2.05) is 0 Å². The molecule has 21 heavy (non-hydrogen) atoms. The Morgan fingerprint density at radius 1 is 1.10 bits per heavy atom. The Kier molecular flexibility index (Phi) is 3.61. The van der Waals surface area contributed by atoms with Crippen LogP contribution in [0.5, 0.6) is 0 Å². The zero-order valence-corrected chi connectivity index (χ0v) is 11.7. The molecule has 0 N–H and O–H groups in total. The second-order valence-electron chi connectivity index (χ2n) is 5.58. The van der Waals surface area contributed by atoms with Crippen LogP contribution in [0.4, 0.5) is 13.2 Å². The summed E-state index contributed by atoms with van der Waals surface area (Å²) >= 11 is 0. The second kappa shape index (κ2) is 4.98. The number of benzene rings is 1. The summed E-state index contributed by atoms with van der Waals surface area (Å²) in [6, 6.07) is 6.05. The molecule has 4 nitrogen and oxygen atoms in total. The van der Waals surface area contributed by atoms with Crippen molar-refractivity contribution in [2.24, 2.45) is 5.41 Å². The van der Waals surface area contributed by atoms with Gasteiger partial charge < -0.3 is 4.52 Å². The van der Waals surface area contributed by atoms with E-state index in [-0.39, 0.29) is 11.6 Å². The molecule has 0 saturated heterocycles. The minimum absolute atomic E-state index is 0.0573. The molecule has 1 aromatic carbocycles. The summed E-state index contributed by atoms with van der Waals surface area (Å²) in [4.78, 5) is 15.3. The molecule has 0 bridgehead atoms. The molecule has 0 saturated carbocycles. The maximum Gasteiger partial charge on any atom is 0.471 e. The highest BCUT2D eigenvalue weighted by Gasteiger charge is 2.38. The van der Waals surface area contributed by atoms with Gasteiger partial charge in [-0.3, -0.25) is 4.79 Å². The number of alkyl halides is 3. The van der Waals surface area contributed by atoms with Crippen molar-refractivity contribution in [3.63, 3.8) is 0 Å². The molecule has 0 amide bonds. The third kappa shape index (κ3) is 3.29. The van der Waals surface area contributed by atoms with Crippen LogP contribution in [0.3, 0.4) is 0 Å². The van der Waals surface area contributed by atoms with Gasteiger partial charge in [0, 0.05) is 16.5 Å². The molecule has 0 fully saturated rings. The molecule has 7 heteroatoms. The maximum absolute atomic E-state index is 12.4. The molecule has 2 rings (SSSR count). The first-order valence-corrected chi connectivity index (χ1v) is 6.15. The fourth-order valence-electron chi connectivity index (χ4n) is 1.66. The summed E-state index contributed by atoms with van der Waals surface area (Å²) in [5.74, 6) is -1.62. The molecule has 0 aliphatic heterocycles. The van der Waals surface area contributed by atoms with Gasteiger partial charge in [0.15, 0.2) is 5.78 Å². The molecule has 2 aromatic rings. The van der Waals surface area contributed by atoms with Crippen molar-refractivity contribution >= 4 is 5.78 Å². The van der Waals surface area contributed by atoms with Crippen molar-refractivity contribution in [1.82, 2.24) is 10.1 Å². The number of aromatic nitrogens is 2. The van der Waals surface area contributed by atoms with Gasteiger partial charge in [-0.05, 0) is 0 Å². The zero-order valence-electron chi connectivity index (χ0n) is 11.7. The lowest BCUT2D eigenvalue weighted by molar-refractivity contribution is -0.159. The topological polar surface area (TPSA) is 56.0 Å². The summed E-state index contributed by atoms with van der Waals surface area (Å²) in [7, 11) is 0. The van der Waals surface area contributed by atoms with Gasteiger partial charge in [-0.15, -0.1) is 0 Å². The van der Waals surface area contributed by atoms with Gasteiger partial charge in [-0.2, -0.15) is 18.2 Å². The number of ketones is 1. The lowest BCUT2D eigenvalue weighted by Gasteiger charge is -2.16. The standard InChI is InChI=1S/C14H13F3N2O2/c1-13(2,3)10(20)8-4-6-9(7-5-8)11-18-12(21-19-11)14(15,16)17/h4-7H,1-3H3. The van der Waals surface area contributed by atoms with Gasteiger partial charge in [-0.1, -0.05) is 50.2 Å². The van der Waals surface area contributed by atoms with E-state index in [0.29, 0.717) is 11.1 Å². The number of nitrogens with zero attached hydrogens (tertiary/aromatic N) is 2. The molecule has 0 spiro atoms. The molecule has 0 radical (unpaired) electrons. The van der Waals surface area contributed by atoms with Gasteiger partial charge in [0.05, 0.1) is 0 Å². The number of Topliss-reactive ketones (excluding diaryl/α,β-unsaturated/α-hetero) is 1. The first kappa shape index (κ1) is 15.2. The van der Waals surface area contributed by atoms with Crippen molar-refractivity contribution in [2.45, 2.75) is 26.9 Å². The average molecular weight is 298 g/mol. The lowest BCUT2D eigenvalue weighted by atomic mass is 9.86. The summed E-state index contributed by atoms with van der Waals surface area (Å²) < 4.78 is 41.3. The molecule has 1 aromatic heterocycles. The van der Waals surface area contributed by atoms with Crippen LogP contribution < -0.4 is 0 Å². The first-order valence-electron chi connectivity index (χ1n) is 6.15. The fraction of sp³-hybridized carbons (Fsp3) is 0.357. The maximum atomic E-state index is 12.4. The van der Waals surface area contributed by atoms with Gasteiger partial charge in [-0.25, -0.2) is 0 Å². The van der Waals surface area contributed by atoms with E-state index in [1.54, 1.807) is 20.8 Å². The Bertz CT molecular complexity index is 652. The summed E-state index contributed by atoms with van der Waals surface area (Å²) in [5, 5.41) is 3.29. The molecule has 112 valence electrons. The number of hydrogen-bond donors (Lipinski definition) is 0. The highest BCUT2D eigenvalue weighted by atomic mass is 19.4. The molecule has 0 aliphatic carbocycles. The van der Waals surface area contributed by atoms with Crippen LogP contribution >= 0.6 is 0 Å². The highest BCUT2D eigenvalue weighted by Crippen LogP contribution is 2.29. The Hall–Kier alpha value is -2.18. The first-order chi connectivity index (χ1) is 9.59. The molecular weight excluding hydrogens is 285 g/mol. The minimum Gasteiger partial charge on any atom is -0.329 e. The Labute approximate surface area is 119 Å². The third-order valence-electron chi connectivity index (χ3n) is 2.76. The van der Waals surface area contributed by atoms with E-state index >= 15 is 0 Å². The Morgan fingerprint density at radius 3 is 2.10 bits per heavy atom. The molecule has 1 heterocycles. The van der Waals surface area contributed by atoms with Gasteiger partial charge >= 0.3 is 12.1 Å². The van der Waals surface area contributed by atoms with Gasteiger partial charge in [0.25, 0.3) is 0 Å². The summed E-state index contributed by atoms with van der Waals surface area (Å²) in [6.45, 7) is 5.37. The molecule has 0 aliphatic rings. The van der Waals surface area contributed by atoms with E-state index in [2.05, 4.69) is 14.7 Å². The molecular formula is C14H13F3N2O2. The third-order valence-corrected chi connectivity index (χ3v) is 2.76. The number of halogens is 3. The van der Waals surface area contributed by atoms with E-state index in [0.717, 1.165) is 0 Å². The van der Waals surface area contributed by atoms with Crippen LogP contribution in [0.25, 0.3) is 11.4 Å². The van der Waals surface area contributed by atoms with Crippen LogP contribution in [-0.2, 0) is 6.18 Å². The number of carbonyl (C=O) groups excluding carboxylic acids is 1. The normalized spacial score (nSPS) is 12.5. The lowest BCUT2D eigenvalue weighted by Crippen LogP contribution is -2.19.